The molecule has 76 heavy (non-hydrogen) atoms. The molecule has 0 aliphatic rings. The van der Waals surface area contributed by atoms with Crippen molar-refractivity contribution in [2.45, 2.75) is 29.4 Å². The summed E-state index contributed by atoms with van der Waals surface area (Å²) in [5, 5.41) is 40.8. The monoisotopic (exact) mass is 1140 g/mol. The number of nitrogens with zero attached hydrogens (tertiary/aromatic N) is 6. The number of nitrogens with one attached hydrogen (secondary N) is 2. The standard InChI is InChI=1S/C44H30N8O18S5.Na/c53-41-33(21-37(74(65,66)67)29-3-1-17-45-39(29)41)51-49-25-9-15-31(35(19-25)72(59,60)61)43(55)47-23-5-11-27(12-6-23)71(57,58)28-13-7-24(8-14-28)48-44(56)32-16-10-26(20-36(32)73(62,63)64)50-52-34-22-38(75(68,69)70)30-4-2-18-46-40(30)42(34)54;/h1-22,53-54H,(H,47,55)(H,48,56)(H,59,60,61)(H,62,63,64)(H,65,66,67)(H,68,69,70);. The van der Waals surface area contributed by atoms with Crippen LogP contribution in [0.2, 0.25) is 0 Å². The van der Waals surface area contributed by atoms with Crippen molar-refractivity contribution >= 4 is 148 Å². The van der Waals surface area contributed by atoms with Crippen molar-refractivity contribution in [2.24, 2.45) is 20.5 Å². The number of amides is 2. The van der Waals surface area contributed by atoms with Crippen LogP contribution in [0.3, 0.4) is 0 Å². The summed E-state index contributed by atoms with van der Waals surface area (Å²) in [4.78, 5) is 30.6. The van der Waals surface area contributed by atoms with Gasteiger partial charge in [0.2, 0.25) is 9.84 Å². The SMILES string of the molecule is O=C(Nc1ccc(S(=O)(=O)c2ccc(NC(=O)c3ccc(N=Nc4cc(S(=O)(=O)O)c5cccnc5c4O)cc3S(=O)(=O)O)cc2)cc1)c1ccc(N=Nc2cc(S(=O)(=O)O)c3cccnc3c2O)cc1S(=O)(=O)O.[Na]. The maximum absolute atomic E-state index is 13.6. The van der Waals surface area contributed by atoms with E-state index in [9.17, 15) is 80.1 Å². The van der Waals surface area contributed by atoms with Crippen LogP contribution in [0.15, 0.2) is 184 Å². The smallest absolute Gasteiger partial charge is 0.295 e. The van der Waals surface area contributed by atoms with Crippen molar-refractivity contribution < 1.29 is 80.1 Å². The van der Waals surface area contributed by atoms with E-state index in [-0.39, 0.29) is 83.9 Å². The van der Waals surface area contributed by atoms with Crippen LogP contribution in [0.5, 0.6) is 11.5 Å². The Bertz CT molecular complexity index is 4100. The first-order chi connectivity index (χ1) is 35.1. The van der Waals surface area contributed by atoms with Crippen molar-refractivity contribution in [1.29, 1.82) is 0 Å². The molecule has 26 nitrogen and oxygen atoms in total. The minimum atomic E-state index is -5.15. The second-order valence-electron chi connectivity index (χ2n) is 15.4. The molecule has 385 valence electrons. The molecule has 8 N–H and O–H groups in total. The molecule has 8 aromatic rings. The minimum absolute atomic E-state index is 0. The van der Waals surface area contributed by atoms with Crippen molar-refractivity contribution in [3.63, 3.8) is 0 Å². The number of azo groups is 2. The molecule has 2 heterocycles. The number of fused-ring (bicyclic) bond motifs is 2. The van der Waals surface area contributed by atoms with Crippen LogP contribution in [-0.2, 0) is 50.3 Å². The summed E-state index contributed by atoms with van der Waals surface area (Å²) in [6.07, 6.45) is 2.45. The largest absolute Gasteiger partial charge is 0.504 e. The average Bonchev–Trinajstić information content (AvgIpc) is 3.35. The Morgan fingerprint density at radius 1 is 0.434 bits per heavy atom. The second kappa shape index (κ2) is 21.2. The number of hydrogen-bond acceptors (Lipinski definition) is 20. The molecule has 6 aromatic carbocycles. The molecule has 0 fully saturated rings. The number of benzene rings is 6. The van der Waals surface area contributed by atoms with Gasteiger partial charge < -0.3 is 20.8 Å². The first kappa shape index (κ1) is 56.2. The third-order valence-corrected chi connectivity index (χ3v) is 15.9. The van der Waals surface area contributed by atoms with Crippen LogP contribution < -0.4 is 10.6 Å². The van der Waals surface area contributed by atoms with Crippen LogP contribution in [0.25, 0.3) is 21.8 Å². The zero-order valence-corrected chi connectivity index (χ0v) is 44.1. The van der Waals surface area contributed by atoms with E-state index in [0.717, 1.165) is 97.1 Å². The second-order valence-corrected chi connectivity index (χ2v) is 22.9. The van der Waals surface area contributed by atoms with Crippen molar-refractivity contribution in [2.75, 3.05) is 10.6 Å². The van der Waals surface area contributed by atoms with E-state index < -0.39 is 116 Å². The first-order valence-electron chi connectivity index (χ1n) is 20.4. The van der Waals surface area contributed by atoms with Gasteiger partial charge in [-0.05, 0) is 121 Å². The Morgan fingerprint density at radius 2 is 0.776 bits per heavy atom. The summed E-state index contributed by atoms with van der Waals surface area (Å²) in [5.41, 5.74) is -3.51. The van der Waals surface area contributed by atoms with E-state index in [1.165, 1.54) is 36.7 Å². The normalized spacial score (nSPS) is 12.5. The number of sulfone groups is 1. The summed E-state index contributed by atoms with van der Waals surface area (Å²) < 4.78 is 164. The molecule has 2 aromatic heterocycles. The molecular formula is C44H30N8NaO18S5. The summed E-state index contributed by atoms with van der Waals surface area (Å²) in [5.74, 6) is -3.50. The molecule has 0 aliphatic heterocycles. The van der Waals surface area contributed by atoms with Crippen LogP contribution in [0.4, 0.5) is 34.1 Å². The maximum atomic E-state index is 13.6. The van der Waals surface area contributed by atoms with Crippen molar-refractivity contribution in [1.82, 2.24) is 9.97 Å². The third-order valence-electron chi connectivity index (χ3n) is 10.5. The fourth-order valence-electron chi connectivity index (χ4n) is 7.09. The number of anilines is 2. The maximum Gasteiger partial charge on any atom is 0.295 e. The van der Waals surface area contributed by atoms with Gasteiger partial charge in [-0.15, -0.1) is 10.2 Å². The summed E-state index contributed by atoms with van der Waals surface area (Å²) in [7, 11) is -24.3. The molecular weight excluding hydrogens is 1110 g/mol. The van der Waals surface area contributed by atoms with E-state index in [1.807, 2.05) is 0 Å². The molecule has 0 bridgehead atoms. The van der Waals surface area contributed by atoms with E-state index in [4.69, 9.17) is 0 Å². The zero-order chi connectivity index (χ0) is 54.4. The fraction of sp³-hybridized carbons (Fsp3) is 0. The van der Waals surface area contributed by atoms with E-state index >= 15 is 0 Å². The first-order valence-corrected chi connectivity index (χ1v) is 27.7. The van der Waals surface area contributed by atoms with Crippen LogP contribution in [-0.4, -0.2) is 122 Å². The molecule has 0 aliphatic carbocycles. The Morgan fingerprint density at radius 3 is 1.11 bits per heavy atom. The molecule has 0 saturated carbocycles. The molecule has 0 atom stereocenters. The van der Waals surface area contributed by atoms with Crippen molar-refractivity contribution in [3.8, 4) is 11.5 Å². The van der Waals surface area contributed by atoms with E-state index in [0.29, 0.717) is 0 Å². The Kier molecular flexibility index (Phi) is 15.7. The van der Waals surface area contributed by atoms with Gasteiger partial charge in [0.25, 0.3) is 52.3 Å². The number of rotatable bonds is 14. The van der Waals surface area contributed by atoms with Crippen LogP contribution >= 0.6 is 0 Å². The number of carbonyl (C=O) groups is 2. The Hall–Kier alpha value is -7.53. The molecule has 0 unspecified atom stereocenters. The summed E-state index contributed by atoms with van der Waals surface area (Å²) >= 11 is 0. The molecule has 2 amide bonds. The van der Waals surface area contributed by atoms with E-state index in [2.05, 4.69) is 41.1 Å². The van der Waals surface area contributed by atoms with Gasteiger partial charge >= 0.3 is 0 Å². The van der Waals surface area contributed by atoms with Crippen LogP contribution in [0.1, 0.15) is 20.7 Å². The Labute approximate surface area is 451 Å². The third kappa shape index (κ3) is 11.9. The Balaban J connectivity index is 0.00000840. The number of phenols is 2. The van der Waals surface area contributed by atoms with E-state index in [1.54, 1.807) is 0 Å². The zero-order valence-electron chi connectivity index (χ0n) is 38.0. The van der Waals surface area contributed by atoms with Gasteiger partial charge in [0.15, 0.2) is 11.5 Å². The fourth-order valence-corrected chi connectivity index (χ4v) is 11.2. The van der Waals surface area contributed by atoms with Gasteiger partial charge in [0, 0.05) is 64.1 Å². The number of aromatic hydroxyl groups is 2. The number of carbonyl (C=O) groups excluding carboxylic acids is 2. The average molecular weight is 1140 g/mol. The molecule has 1 radical (unpaired) electrons. The summed E-state index contributed by atoms with van der Waals surface area (Å²) in [6, 6.07) is 21.3. The minimum Gasteiger partial charge on any atom is -0.504 e. The number of aromatic nitrogens is 2. The van der Waals surface area contributed by atoms with Gasteiger partial charge in [-0.2, -0.15) is 43.9 Å². The topological polar surface area (TPSA) is 426 Å². The van der Waals surface area contributed by atoms with Gasteiger partial charge in [-0.25, -0.2) is 8.42 Å². The number of pyridine rings is 2. The number of phenolic OH excluding ortho intramolecular Hbond substituents is 2. The summed E-state index contributed by atoms with van der Waals surface area (Å²) in [6.45, 7) is 0. The van der Waals surface area contributed by atoms with Gasteiger partial charge in [0.1, 0.15) is 42.0 Å². The van der Waals surface area contributed by atoms with Gasteiger partial charge in [0.05, 0.1) is 32.3 Å². The van der Waals surface area contributed by atoms with Crippen molar-refractivity contribution in [3.05, 3.63) is 145 Å². The quantitative estimate of drug-likeness (QED) is 0.0309. The molecule has 8 rings (SSSR count). The van der Waals surface area contributed by atoms with Gasteiger partial charge in [-0.1, -0.05) is 0 Å². The predicted molar refractivity (Wildman–Crippen MR) is 267 cm³/mol. The predicted octanol–water partition coefficient (Wildman–Crippen LogP) is 6.97. The van der Waals surface area contributed by atoms with Gasteiger partial charge in [-0.3, -0.25) is 37.8 Å². The van der Waals surface area contributed by atoms with Crippen LogP contribution in [0, 0.1) is 0 Å². The molecule has 0 spiro atoms. The molecule has 32 heteroatoms. The molecule has 0 saturated heterocycles. The number of hydrogen-bond donors (Lipinski definition) is 8.